The van der Waals surface area contributed by atoms with E-state index in [2.05, 4.69) is 4.98 Å². The minimum Gasteiger partial charge on any atom is -0.465 e. The smallest absolute Gasteiger partial charge is 0.352 e. The van der Waals surface area contributed by atoms with Gasteiger partial charge in [0.15, 0.2) is 10.6 Å². The van der Waals surface area contributed by atoms with Crippen molar-refractivity contribution >= 4 is 55.9 Å². The molecule has 0 atom stereocenters. The molecule has 0 aliphatic rings. The summed E-state index contributed by atoms with van der Waals surface area (Å²) < 4.78 is 10.6. The first kappa shape index (κ1) is 13.3. The Morgan fingerprint density at radius 3 is 3.00 bits per heavy atom. The first-order valence-corrected chi connectivity index (χ1v) is 7.34. The minimum atomic E-state index is -0.447. The van der Waals surface area contributed by atoms with Crippen LogP contribution in [0.4, 0.5) is 0 Å². The second-order valence-corrected chi connectivity index (χ2v) is 5.57. The van der Waals surface area contributed by atoms with E-state index < -0.39 is 5.97 Å². The quantitative estimate of drug-likeness (QED) is 0.627. The Labute approximate surface area is 117 Å². The molecule has 0 saturated heterocycles. The number of esters is 1. The SMILES string of the molecule is COC(=O)c1sc2ncccc2c1OC(=S)SC. The van der Waals surface area contributed by atoms with Crippen molar-refractivity contribution in [2.45, 2.75) is 0 Å². The van der Waals surface area contributed by atoms with Gasteiger partial charge in [-0.3, -0.25) is 0 Å². The van der Waals surface area contributed by atoms with Crippen LogP contribution in [-0.4, -0.2) is 28.7 Å². The summed E-state index contributed by atoms with van der Waals surface area (Å²) in [5.41, 5.74) is 0. The molecule has 0 amide bonds. The number of ether oxygens (including phenoxy) is 2. The maximum atomic E-state index is 11.7. The highest BCUT2D eigenvalue weighted by atomic mass is 32.2. The molecule has 0 radical (unpaired) electrons. The lowest BCUT2D eigenvalue weighted by molar-refractivity contribution is 0.0604. The van der Waals surface area contributed by atoms with Crippen LogP contribution in [0.25, 0.3) is 10.2 Å². The number of thioether (sulfide) groups is 1. The molecule has 18 heavy (non-hydrogen) atoms. The molecule has 0 aromatic carbocycles. The van der Waals surface area contributed by atoms with Gasteiger partial charge in [0.2, 0.25) is 4.38 Å². The molecule has 4 nitrogen and oxygen atoms in total. The Hall–Kier alpha value is -1.18. The maximum Gasteiger partial charge on any atom is 0.352 e. The van der Waals surface area contributed by atoms with Crippen molar-refractivity contribution in [1.82, 2.24) is 4.98 Å². The molecule has 0 N–H and O–H groups in total. The summed E-state index contributed by atoms with van der Waals surface area (Å²) in [5.74, 6) is -0.0220. The molecule has 0 aliphatic heterocycles. The summed E-state index contributed by atoms with van der Waals surface area (Å²) in [6, 6.07) is 3.62. The largest absolute Gasteiger partial charge is 0.465 e. The van der Waals surface area contributed by atoms with Crippen LogP contribution in [0.3, 0.4) is 0 Å². The van der Waals surface area contributed by atoms with Crippen LogP contribution in [0.5, 0.6) is 5.75 Å². The Morgan fingerprint density at radius 2 is 2.33 bits per heavy atom. The first-order valence-electron chi connectivity index (χ1n) is 4.89. The second-order valence-electron chi connectivity index (χ2n) is 3.16. The molecule has 94 valence electrons. The lowest BCUT2D eigenvalue weighted by Crippen LogP contribution is -2.05. The van der Waals surface area contributed by atoms with Gasteiger partial charge in [0.05, 0.1) is 12.5 Å². The molecular formula is C11H9NO3S3. The molecule has 2 aromatic heterocycles. The number of thiophene rings is 1. The second kappa shape index (κ2) is 5.64. The van der Waals surface area contributed by atoms with Crippen molar-refractivity contribution in [2.75, 3.05) is 13.4 Å². The molecule has 0 aliphatic carbocycles. The predicted octanol–water partition coefficient (Wildman–Crippen LogP) is 3.11. The third-order valence-electron chi connectivity index (χ3n) is 2.14. The van der Waals surface area contributed by atoms with Gasteiger partial charge in [0.25, 0.3) is 0 Å². The normalized spacial score (nSPS) is 10.3. The number of nitrogens with zero attached hydrogens (tertiary/aromatic N) is 1. The highest BCUT2D eigenvalue weighted by Gasteiger charge is 2.22. The lowest BCUT2D eigenvalue weighted by Gasteiger charge is -2.05. The average Bonchev–Trinajstić information content (AvgIpc) is 2.77. The third kappa shape index (κ3) is 2.47. The van der Waals surface area contributed by atoms with E-state index in [1.165, 1.54) is 30.2 Å². The maximum absolute atomic E-state index is 11.7. The zero-order valence-electron chi connectivity index (χ0n) is 9.63. The first-order chi connectivity index (χ1) is 8.67. The van der Waals surface area contributed by atoms with Crippen LogP contribution in [-0.2, 0) is 4.74 Å². The monoisotopic (exact) mass is 299 g/mol. The number of aromatic nitrogens is 1. The average molecular weight is 299 g/mol. The molecule has 0 fully saturated rings. The summed E-state index contributed by atoms with van der Waals surface area (Å²) in [6.07, 6.45) is 3.48. The topological polar surface area (TPSA) is 48.4 Å². The standard InChI is InChI=1S/C11H9NO3S3/c1-14-10(13)8-7(15-11(16)17-2)6-4-3-5-12-9(6)18-8/h3-5H,1-2H3. The van der Waals surface area contributed by atoms with Gasteiger partial charge >= 0.3 is 5.97 Å². The van der Waals surface area contributed by atoms with Crippen LogP contribution < -0.4 is 4.74 Å². The Balaban J connectivity index is 2.57. The van der Waals surface area contributed by atoms with E-state index in [0.717, 1.165) is 10.2 Å². The van der Waals surface area contributed by atoms with Crippen LogP contribution in [0.1, 0.15) is 9.67 Å². The van der Waals surface area contributed by atoms with E-state index in [9.17, 15) is 4.79 Å². The minimum absolute atomic E-state index is 0.351. The summed E-state index contributed by atoms with van der Waals surface area (Å²) in [5, 5.41) is 0.763. The zero-order chi connectivity index (χ0) is 13.1. The number of thiocarbonyl (C=S) groups is 1. The number of hydrogen-bond donors (Lipinski definition) is 0. The molecule has 2 heterocycles. The van der Waals surface area contributed by atoms with E-state index in [-0.39, 0.29) is 0 Å². The molecule has 2 rings (SSSR count). The Morgan fingerprint density at radius 1 is 1.56 bits per heavy atom. The molecule has 0 bridgehead atoms. The number of carbonyl (C=O) groups is 1. The molecule has 7 heteroatoms. The number of hydrogen-bond acceptors (Lipinski definition) is 7. The van der Waals surface area contributed by atoms with Gasteiger partial charge < -0.3 is 9.47 Å². The Bertz CT molecular complexity index is 609. The molecule has 2 aromatic rings. The van der Waals surface area contributed by atoms with E-state index in [0.29, 0.717) is 15.0 Å². The van der Waals surface area contributed by atoms with Crippen molar-refractivity contribution in [3.05, 3.63) is 23.2 Å². The van der Waals surface area contributed by atoms with Crippen molar-refractivity contribution in [1.29, 1.82) is 0 Å². The number of carbonyl (C=O) groups excluding carboxylic acids is 1. The van der Waals surface area contributed by atoms with Crippen molar-refractivity contribution in [2.24, 2.45) is 0 Å². The van der Waals surface area contributed by atoms with E-state index in [1.54, 1.807) is 12.3 Å². The number of fused-ring (bicyclic) bond motifs is 1. The van der Waals surface area contributed by atoms with Crippen LogP contribution >= 0.6 is 35.3 Å². The lowest BCUT2D eigenvalue weighted by atomic mass is 10.3. The number of methoxy groups -OCH3 is 1. The Kier molecular flexibility index (Phi) is 4.15. The fourth-order valence-electron chi connectivity index (χ4n) is 1.36. The van der Waals surface area contributed by atoms with E-state index in [4.69, 9.17) is 21.7 Å². The summed E-state index contributed by atoms with van der Waals surface area (Å²) in [6.45, 7) is 0. The van der Waals surface area contributed by atoms with Crippen molar-refractivity contribution < 1.29 is 14.3 Å². The van der Waals surface area contributed by atoms with Gasteiger partial charge in [-0.1, -0.05) is 11.8 Å². The molecule has 0 unspecified atom stereocenters. The summed E-state index contributed by atoms with van der Waals surface area (Å²) in [7, 11) is 1.33. The zero-order valence-corrected chi connectivity index (χ0v) is 12.1. The number of rotatable bonds is 2. The highest BCUT2D eigenvalue weighted by molar-refractivity contribution is 8.22. The van der Waals surface area contributed by atoms with Gasteiger partial charge in [-0.25, -0.2) is 9.78 Å². The number of pyridine rings is 1. The van der Waals surface area contributed by atoms with Gasteiger partial charge in [-0.2, -0.15) is 0 Å². The fraction of sp³-hybridized carbons (Fsp3) is 0.182. The molecule has 0 spiro atoms. The summed E-state index contributed by atoms with van der Waals surface area (Å²) in [4.78, 5) is 17.0. The van der Waals surface area contributed by atoms with Crippen molar-refractivity contribution in [3.8, 4) is 5.75 Å². The summed E-state index contributed by atoms with van der Waals surface area (Å²) >= 11 is 7.55. The highest BCUT2D eigenvalue weighted by Crippen LogP contribution is 2.37. The van der Waals surface area contributed by atoms with Gasteiger partial charge in [0, 0.05) is 6.20 Å². The predicted molar refractivity (Wildman–Crippen MR) is 77.7 cm³/mol. The van der Waals surface area contributed by atoms with Gasteiger partial charge in [-0.15, -0.1) is 11.3 Å². The van der Waals surface area contributed by atoms with Crippen molar-refractivity contribution in [3.63, 3.8) is 0 Å². The molecular weight excluding hydrogens is 290 g/mol. The molecule has 0 saturated carbocycles. The van der Waals surface area contributed by atoms with Crippen LogP contribution in [0, 0.1) is 0 Å². The van der Waals surface area contributed by atoms with E-state index >= 15 is 0 Å². The van der Waals surface area contributed by atoms with Gasteiger partial charge in [-0.05, 0) is 30.6 Å². The van der Waals surface area contributed by atoms with Crippen LogP contribution in [0.15, 0.2) is 18.3 Å². The fourth-order valence-corrected chi connectivity index (χ4v) is 2.60. The third-order valence-corrected chi connectivity index (χ3v) is 4.22. The van der Waals surface area contributed by atoms with Crippen LogP contribution in [0.2, 0.25) is 0 Å². The van der Waals surface area contributed by atoms with Gasteiger partial charge in [0.1, 0.15) is 4.83 Å². The van der Waals surface area contributed by atoms with E-state index in [1.807, 2.05) is 12.3 Å².